The van der Waals surface area contributed by atoms with Crippen LogP contribution in [0.25, 0.3) is 10.7 Å². The van der Waals surface area contributed by atoms with Crippen LogP contribution in [0.1, 0.15) is 12.3 Å². The van der Waals surface area contributed by atoms with E-state index in [0.717, 1.165) is 9.35 Å². The highest BCUT2D eigenvalue weighted by atomic mass is 79.9. The molecule has 1 N–H and O–H groups in total. The highest BCUT2D eigenvalue weighted by Crippen LogP contribution is 2.27. The van der Waals surface area contributed by atoms with Crippen LogP contribution < -0.4 is 0 Å². The second-order valence-electron chi connectivity index (χ2n) is 3.03. The number of carboxylic acids is 1. The van der Waals surface area contributed by atoms with Gasteiger partial charge in [-0.1, -0.05) is 5.16 Å². The van der Waals surface area contributed by atoms with Crippen LogP contribution in [-0.2, 0) is 11.2 Å². The van der Waals surface area contributed by atoms with Crippen molar-refractivity contribution in [2.75, 3.05) is 0 Å². The van der Waals surface area contributed by atoms with Gasteiger partial charge in [0.05, 0.1) is 11.3 Å². The van der Waals surface area contributed by atoms with Crippen LogP contribution >= 0.6 is 27.3 Å². The molecular weight excluding hydrogens is 296 g/mol. The van der Waals surface area contributed by atoms with Crippen molar-refractivity contribution in [2.45, 2.75) is 12.8 Å². The Hall–Kier alpha value is -1.21. The third kappa shape index (κ3) is 2.67. The summed E-state index contributed by atoms with van der Waals surface area (Å²) in [7, 11) is 0. The van der Waals surface area contributed by atoms with Crippen LogP contribution in [0, 0.1) is 0 Å². The Morgan fingerprint density at radius 1 is 1.62 bits per heavy atom. The van der Waals surface area contributed by atoms with Crippen molar-refractivity contribution in [3.63, 3.8) is 0 Å². The van der Waals surface area contributed by atoms with Gasteiger partial charge in [-0.3, -0.25) is 4.79 Å². The van der Waals surface area contributed by atoms with Crippen LogP contribution in [0.4, 0.5) is 0 Å². The zero-order valence-electron chi connectivity index (χ0n) is 8.01. The lowest BCUT2D eigenvalue weighted by molar-refractivity contribution is -0.137. The topological polar surface area (TPSA) is 76.2 Å². The summed E-state index contributed by atoms with van der Waals surface area (Å²) in [5.74, 6) is -0.0309. The second-order valence-corrected chi connectivity index (χ2v) is 4.86. The summed E-state index contributed by atoms with van der Waals surface area (Å²) < 4.78 is 5.91. The Bertz CT molecular complexity index is 508. The molecule has 0 radical (unpaired) electrons. The molecule has 0 bridgehead atoms. The number of carbonyl (C=O) groups is 1. The highest BCUT2D eigenvalue weighted by molar-refractivity contribution is 9.10. The van der Waals surface area contributed by atoms with Gasteiger partial charge in [-0.2, -0.15) is 4.98 Å². The van der Waals surface area contributed by atoms with E-state index < -0.39 is 5.97 Å². The van der Waals surface area contributed by atoms with E-state index in [1.807, 2.05) is 11.4 Å². The molecule has 2 rings (SSSR count). The minimum atomic E-state index is -0.876. The van der Waals surface area contributed by atoms with Crippen molar-refractivity contribution >= 4 is 33.2 Å². The van der Waals surface area contributed by atoms with Gasteiger partial charge in [0.1, 0.15) is 0 Å². The molecule has 16 heavy (non-hydrogen) atoms. The quantitative estimate of drug-likeness (QED) is 0.939. The second kappa shape index (κ2) is 4.75. The molecule has 0 aliphatic heterocycles. The van der Waals surface area contributed by atoms with Crippen molar-refractivity contribution in [3.05, 3.63) is 21.8 Å². The zero-order chi connectivity index (χ0) is 11.5. The summed E-state index contributed by atoms with van der Waals surface area (Å²) in [6.45, 7) is 0. The minimum Gasteiger partial charge on any atom is -0.481 e. The summed E-state index contributed by atoms with van der Waals surface area (Å²) >= 11 is 4.82. The maximum Gasteiger partial charge on any atom is 0.303 e. The summed E-state index contributed by atoms with van der Waals surface area (Å²) in [4.78, 5) is 15.4. The van der Waals surface area contributed by atoms with Crippen molar-refractivity contribution < 1.29 is 14.4 Å². The molecule has 5 nitrogen and oxygen atoms in total. The van der Waals surface area contributed by atoms with E-state index >= 15 is 0 Å². The Kier molecular flexibility index (Phi) is 3.35. The van der Waals surface area contributed by atoms with Crippen LogP contribution in [0.15, 0.2) is 20.4 Å². The zero-order valence-corrected chi connectivity index (χ0v) is 10.4. The fourth-order valence-electron chi connectivity index (χ4n) is 1.10. The van der Waals surface area contributed by atoms with Crippen LogP contribution in [0.5, 0.6) is 0 Å². The Labute approximate surface area is 103 Å². The van der Waals surface area contributed by atoms with E-state index in [4.69, 9.17) is 9.63 Å². The average Bonchev–Trinajstić information content (AvgIpc) is 2.83. The first kappa shape index (κ1) is 11.3. The summed E-state index contributed by atoms with van der Waals surface area (Å²) in [5.41, 5.74) is 0. The summed E-state index contributed by atoms with van der Waals surface area (Å²) in [5, 5.41) is 14.2. The summed E-state index contributed by atoms with van der Waals surface area (Å²) in [6.07, 6.45) is 0.255. The van der Waals surface area contributed by atoms with E-state index in [-0.39, 0.29) is 12.8 Å². The third-order valence-electron chi connectivity index (χ3n) is 1.81. The number of thiophene rings is 1. The molecule has 0 saturated carbocycles. The van der Waals surface area contributed by atoms with Gasteiger partial charge in [0.25, 0.3) is 0 Å². The number of carboxylic acid groups (broad SMARTS) is 1. The molecule has 2 aromatic heterocycles. The monoisotopic (exact) mass is 302 g/mol. The van der Waals surface area contributed by atoms with E-state index in [0.29, 0.717) is 11.7 Å². The molecule has 0 fully saturated rings. The van der Waals surface area contributed by atoms with Gasteiger partial charge in [0.2, 0.25) is 11.7 Å². The van der Waals surface area contributed by atoms with Gasteiger partial charge < -0.3 is 9.63 Å². The number of rotatable bonds is 4. The fourth-order valence-corrected chi connectivity index (χ4v) is 2.45. The lowest BCUT2D eigenvalue weighted by Crippen LogP contribution is -1.97. The van der Waals surface area contributed by atoms with Crippen molar-refractivity contribution in [1.29, 1.82) is 0 Å². The molecular formula is C9H7BrN2O3S. The van der Waals surface area contributed by atoms with Crippen molar-refractivity contribution in [2.24, 2.45) is 0 Å². The van der Waals surface area contributed by atoms with Crippen LogP contribution in [0.3, 0.4) is 0 Å². The number of hydrogen-bond acceptors (Lipinski definition) is 5. The molecule has 0 spiro atoms. The number of hydrogen-bond donors (Lipinski definition) is 1. The number of aromatic nitrogens is 2. The number of aryl methyl sites for hydroxylation is 1. The molecule has 2 aromatic rings. The lowest BCUT2D eigenvalue weighted by Gasteiger charge is -1.87. The Balaban J connectivity index is 2.10. The standard InChI is InChI=1S/C9H7BrN2O3S/c10-5-3-6(16-4-5)9-11-7(15-12-9)1-2-8(13)14/h3-4H,1-2H2,(H,13,14). The molecule has 0 amide bonds. The van der Waals surface area contributed by atoms with E-state index in [1.165, 1.54) is 11.3 Å². The molecule has 2 heterocycles. The molecule has 0 saturated heterocycles. The number of aliphatic carboxylic acids is 1. The normalized spacial score (nSPS) is 10.6. The number of halogens is 1. The van der Waals surface area contributed by atoms with Gasteiger partial charge >= 0.3 is 5.97 Å². The van der Waals surface area contributed by atoms with E-state index in [2.05, 4.69) is 26.1 Å². The maximum atomic E-state index is 10.4. The maximum absolute atomic E-state index is 10.4. The SMILES string of the molecule is O=C(O)CCc1nc(-c2cc(Br)cs2)no1. The average molecular weight is 303 g/mol. The van der Waals surface area contributed by atoms with Gasteiger partial charge in [-0.05, 0) is 22.0 Å². The molecule has 0 aliphatic carbocycles. The lowest BCUT2D eigenvalue weighted by atomic mass is 10.3. The summed E-state index contributed by atoms with van der Waals surface area (Å²) in [6, 6.07) is 1.89. The van der Waals surface area contributed by atoms with Gasteiger partial charge in [-0.25, -0.2) is 0 Å². The van der Waals surface area contributed by atoms with Gasteiger partial charge in [-0.15, -0.1) is 11.3 Å². The van der Waals surface area contributed by atoms with Crippen LogP contribution in [0.2, 0.25) is 0 Å². The van der Waals surface area contributed by atoms with Gasteiger partial charge in [0, 0.05) is 16.3 Å². The van der Waals surface area contributed by atoms with E-state index in [1.54, 1.807) is 0 Å². The molecule has 0 aliphatic rings. The first-order chi connectivity index (χ1) is 7.65. The molecule has 84 valence electrons. The van der Waals surface area contributed by atoms with Crippen LogP contribution in [-0.4, -0.2) is 21.2 Å². The first-order valence-electron chi connectivity index (χ1n) is 4.44. The third-order valence-corrected chi connectivity index (χ3v) is 3.50. The van der Waals surface area contributed by atoms with E-state index in [9.17, 15) is 4.79 Å². The molecule has 0 unspecified atom stereocenters. The van der Waals surface area contributed by atoms with Gasteiger partial charge in [0.15, 0.2) is 0 Å². The Morgan fingerprint density at radius 2 is 2.44 bits per heavy atom. The minimum absolute atomic E-state index is 0.00420. The fraction of sp³-hybridized carbons (Fsp3) is 0.222. The number of nitrogens with zero attached hydrogens (tertiary/aromatic N) is 2. The highest BCUT2D eigenvalue weighted by Gasteiger charge is 2.11. The smallest absolute Gasteiger partial charge is 0.303 e. The predicted octanol–water partition coefficient (Wildman–Crippen LogP) is 2.58. The molecule has 0 atom stereocenters. The predicted molar refractivity (Wildman–Crippen MR) is 61.3 cm³/mol. The first-order valence-corrected chi connectivity index (χ1v) is 6.11. The van der Waals surface area contributed by atoms with Crippen molar-refractivity contribution in [1.82, 2.24) is 10.1 Å². The Morgan fingerprint density at radius 3 is 3.06 bits per heavy atom. The largest absolute Gasteiger partial charge is 0.481 e. The van der Waals surface area contributed by atoms with Crippen molar-refractivity contribution in [3.8, 4) is 10.7 Å². The molecule has 0 aromatic carbocycles. The molecule has 7 heteroatoms.